The van der Waals surface area contributed by atoms with Gasteiger partial charge in [-0.3, -0.25) is 4.31 Å². The molecule has 0 saturated heterocycles. The third kappa shape index (κ3) is 6.99. The van der Waals surface area contributed by atoms with Crippen LogP contribution in [-0.4, -0.2) is 17.4 Å². The topological polar surface area (TPSA) is 3.24 Å². The summed E-state index contributed by atoms with van der Waals surface area (Å²) in [4.78, 5) is 0. The van der Waals surface area contributed by atoms with Crippen LogP contribution < -0.4 is 0 Å². The summed E-state index contributed by atoms with van der Waals surface area (Å²) in [5, 5.41) is 0. The molecule has 0 aromatic heterocycles. The molecule has 1 atom stereocenters. The second kappa shape index (κ2) is 6.79. The van der Waals surface area contributed by atoms with Gasteiger partial charge in [-0.1, -0.05) is 46.9 Å². The van der Waals surface area contributed by atoms with Gasteiger partial charge in [-0.2, -0.15) is 0 Å². The van der Waals surface area contributed by atoms with Crippen molar-refractivity contribution < 1.29 is 0 Å². The van der Waals surface area contributed by atoms with E-state index in [0.29, 0.717) is 0 Å². The van der Waals surface area contributed by atoms with Crippen LogP contribution in [0.1, 0.15) is 40.5 Å². The quantitative estimate of drug-likeness (QED) is 0.628. The molecule has 0 aliphatic rings. The SMILES string of the molecule is CCC(C)CN(S)CCC(C)C. The van der Waals surface area contributed by atoms with Gasteiger partial charge in [0.25, 0.3) is 0 Å². The summed E-state index contributed by atoms with van der Waals surface area (Å²) in [6.07, 6.45) is 2.50. The zero-order valence-corrected chi connectivity index (χ0v) is 9.77. The van der Waals surface area contributed by atoms with Crippen LogP contribution in [0.25, 0.3) is 0 Å². The molecular weight excluding hydrogens is 166 g/mol. The molecule has 0 aliphatic carbocycles. The van der Waals surface area contributed by atoms with E-state index in [1.807, 2.05) is 0 Å². The molecular formula is C10H23NS. The van der Waals surface area contributed by atoms with Crippen molar-refractivity contribution in [1.29, 1.82) is 0 Å². The maximum atomic E-state index is 4.43. The maximum absolute atomic E-state index is 4.43. The van der Waals surface area contributed by atoms with E-state index in [9.17, 15) is 0 Å². The normalized spacial score (nSPS) is 14.2. The van der Waals surface area contributed by atoms with E-state index in [1.165, 1.54) is 12.8 Å². The third-order valence-electron chi connectivity index (χ3n) is 2.18. The lowest BCUT2D eigenvalue weighted by Crippen LogP contribution is -2.21. The van der Waals surface area contributed by atoms with Crippen LogP contribution in [0.3, 0.4) is 0 Å². The Morgan fingerprint density at radius 1 is 1.25 bits per heavy atom. The summed E-state index contributed by atoms with van der Waals surface area (Å²) in [6.45, 7) is 11.3. The van der Waals surface area contributed by atoms with Crippen molar-refractivity contribution in [3.05, 3.63) is 0 Å². The number of nitrogens with zero attached hydrogens (tertiary/aromatic N) is 1. The van der Waals surface area contributed by atoms with Gasteiger partial charge in [-0.15, -0.1) is 0 Å². The van der Waals surface area contributed by atoms with Gasteiger partial charge in [0.15, 0.2) is 0 Å². The molecule has 74 valence electrons. The molecule has 1 nitrogen and oxygen atoms in total. The van der Waals surface area contributed by atoms with Gasteiger partial charge in [0.05, 0.1) is 0 Å². The fourth-order valence-corrected chi connectivity index (χ4v) is 1.38. The minimum absolute atomic E-state index is 0.773. The highest BCUT2D eigenvalue weighted by atomic mass is 32.1. The first kappa shape index (κ1) is 12.3. The van der Waals surface area contributed by atoms with Crippen molar-refractivity contribution in [3.63, 3.8) is 0 Å². The molecule has 0 radical (unpaired) electrons. The van der Waals surface area contributed by atoms with E-state index in [2.05, 4.69) is 44.8 Å². The van der Waals surface area contributed by atoms with Gasteiger partial charge in [-0.05, 0) is 18.3 Å². The van der Waals surface area contributed by atoms with Crippen LogP contribution in [0.5, 0.6) is 0 Å². The van der Waals surface area contributed by atoms with Gasteiger partial charge in [-0.25, -0.2) is 0 Å². The molecule has 0 aromatic rings. The third-order valence-corrected chi connectivity index (χ3v) is 2.55. The Morgan fingerprint density at radius 3 is 2.25 bits per heavy atom. The van der Waals surface area contributed by atoms with Crippen molar-refractivity contribution in [2.75, 3.05) is 13.1 Å². The molecule has 0 aliphatic heterocycles. The standard InChI is InChI=1S/C10H23NS/c1-5-10(4)8-11(12)7-6-9(2)3/h9-10,12H,5-8H2,1-4H3. The van der Waals surface area contributed by atoms with Gasteiger partial charge in [0.2, 0.25) is 0 Å². The summed E-state index contributed by atoms with van der Waals surface area (Å²) >= 11 is 4.43. The molecule has 0 rings (SSSR count). The van der Waals surface area contributed by atoms with Crippen LogP contribution in [0.2, 0.25) is 0 Å². The molecule has 0 amide bonds. The molecule has 0 heterocycles. The molecule has 2 heteroatoms. The zero-order valence-electron chi connectivity index (χ0n) is 8.88. The first-order chi connectivity index (χ1) is 5.56. The average molecular weight is 189 g/mol. The minimum Gasteiger partial charge on any atom is -0.253 e. The Balaban J connectivity index is 3.39. The molecule has 0 bridgehead atoms. The van der Waals surface area contributed by atoms with Gasteiger partial charge in [0, 0.05) is 13.1 Å². The molecule has 0 spiro atoms. The molecule has 12 heavy (non-hydrogen) atoms. The van der Waals surface area contributed by atoms with E-state index in [1.54, 1.807) is 0 Å². The van der Waals surface area contributed by atoms with Crippen LogP contribution in [-0.2, 0) is 0 Å². The van der Waals surface area contributed by atoms with E-state index in [0.717, 1.165) is 24.9 Å². The van der Waals surface area contributed by atoms with Crippen LogP contribution in [0, 0.1) is 11.8 Å². The van der Waals surface area contributed by atoms with Crippen molar-refractivity contribution in [2.24, 2.45) is 11.8 Å². The van der Waals surface area contributed by atoms with Gasteiger partial charge in [0.1, 0.15) is 0 Å². The summed E-state index contributed by atoms with van der Waals surface area (Å²) in [5.74, 6) is 1.56. The number of hydrogen-bond acceptors (Lipinski definition) is 2. The number of hydrogen-bond donors (Lipinski definition) is 1. The Bertz CT molecular complexity index is 104. The molecule has 1 unspecified atom stereocenters. The Morgan fingerprint density at radius 2 is 1.83 bits per heavy atom. The Hall–Kier alpha value is 0.310. The lowest BCUT2D eigenvalue weighted by atomic mass is 10.1. The van der Waals surface area contributed by atoms with E-state index in [4.69, 9.17) is 0 Å². The van der Waals surface area contributed by atoms with E-state index >= 15 is 0 Å². The highest BCUT2D eigenvalue weighted by Crippen LogP contribution is 2.09. The smallest absolute Gasteiger partial charge is 0.0113 e. The van der Waals surface area contributed by atoms with Crippen molar-refractivity contribution in [2.45, 2.75) is 40.5 Å². The van der Waals surface area contributed by atoms with Crippen molar-refractivity contribution >= 4 is 12.8 Å². The second-order valence-corrected chi connectivity index (χ2v) is 4.67. The van der Waals surface area contributed by atoms with Gasteiger partial charge < -0.3 is 0 Å². The Labute approximate surface area is 83.1 Å². The highest BCUT2D eigenvalue weighted by molar-refractivity contribution is 7.77. The molecule has 0 fully saturated rings. The first-order valence-electron chi connectivity index (χ1n) is 5.00. The van der Waals surface area contributed by atoms with Crippen LogP contribution in [0.4, 0.5) is 0 Å². The minimum atomic E-state index is 0.773. The van der Waals surface area contributed by atoms with Crippen LogP contribution in [0.15, 0.2) is 0 Å². The van der Waals surface area contributed by atoms with Crippen molar-refractivity contribution in [3.8, 4) is 0 Å². The second-order valence-electron chi connectivity index (χ2n) is 4.11. The summed E-state index contributed by atoms with van der Waals surface area (Å²) in [7, 11) is 0. The van der Waals surface area contributed by atoms with Gasteiger partial charge >= 0.3 is 0 Å². The summed E-state index contributed by atoms with van der Waals surface area (Å²) in [5.41, 5.74) is 0. The average Bonchev–Trinajstić information content (AvgIpc) is 2.00. The van der Waals surface area contributed by atoms with E-state index in [-0.39, 0.29) is 0 Å². The highest BCUT2D eigenvalue weighted by Gasteiger charge is 2.05. The summed E-state index contributed by atoms with van der Waals surface area (Å²) in [6, 6.07) is 0. The van der Waals surface area contributed by atoms with Crippen molar-refractivity contribution in [1.82, 2.24) is 4.31 Å². The molecule has 0 aromatic carbocycles. The lowest BCUT2D eigenvalue weighted by molar-refractivity contribution is 0.362. The summed E-state index contributed by atoms with van der Waals surface area (Å²) < 4.78 is 2.15. The lowest BCUT2D eigenvalue weighted by Gasteiger charge is -2.19. The molecule has 0 N–H and O–H groups in total. The fraction of sp³-hybridized carbons (Fsp3) is 1.00. The van der Waals surface area contributed by atoms with Crippen LogP contribution >= 0.6 is 12.8 Å². The number of thiol groups is 1. The largest absolute Gasteiger partial charge is 0.253 e. The monoisotopic (exact) mass is 189 g/mol. The fourth-order valence-electron chi connectivity index (χ4n) is 0.987. The van der Waals surface area contributed by atoms with E-state index < -0.39 is 0 Å². The maximum Gasteiger partial charge on any atom is 0.0113 e. The predicted molar refractivity (Wildman–Crippen MR) is 59.5 cm³/mol. The Kier molecular flexibility index (Phi) is 6.96. The first-order valence-corrected chi connectivity index (χ1v) is 5.40. The number of rotatable bonds is 6. The zero-order chi connectivity index (χ0) is 9.56. The molecule has 0 saturated carbocycles. The predicted octanol–water partition coefficient (Wildman–Crippen LogP) is 3.23.